The third-order valence-corrected chi connectivity index (χ3v) is 5.45. The molecule has 4 N–H and O–H groups in total. The predicted octanol–water partition coefficient (Wildman–Crippen LogP) is 4.73. The first-order valence-electron chi connectivity index (χ1n) is 9.50. The SMILES string of the molecule is CCC(CCN)Nc1nccc2c(C)c3[nH]c4ccc(OC)cc4c3cc12. The number of pyridine rings is 1. The second kappa shape index (κ2) is 7.08. The first kappa shape index (κ1) is 17.6. The van der Waals surface area contributed by atoms with Gasteiger partial charge in [0.1, 0.15) is 11.6 Å². The Kier molecular flexibility index (Phi) is 4.62. The van der Waals surface area contributed by atoms with Gasteiger partial charge >= 0.3 is 0 Å². The van der Waals surface area contributed by atoms with Crippen molar-refractivity contribution in [3.63, 3.8) is 0 Å². The van der Waals surface area contributed by atoms with Gasteiger partial charge in [-0.15, -0.1) is 0 Å². The topological polar surface area (TPSA) is 76.0 Å². The predicted molar refractivity (Wildman–Crippen MR) is 114 cm³/mol. The number of aromatic amines is 1. The van der Waals surface area contributed by atoms with Crippen LogP contribution in [0.5, 0.6) is 5.75 Å². The summed E-state index contributed by atoms with van der Waals surface area (Å²) in [4.78, 5) is 8.20. The van der Waals surface area contributed by atoms with Gasteiger partial charge in [0.05, 0.1) is 12.6 Å². The number of nitrogens with two attached hydrogens (primary N) is 1. The van der Waals surface area contributed by atoms with Crippen molar-refractivity contribution >= 4 is 38.4 Å². The quantitative estimate of drug-likeness (QED) is 0.464. The van der Waals surface area contributed by atoms with E-state index in [1.54, 1.807) is 7.11 Å². The number of ether oxygens (including phenoxy) is 1. The number of aromatic nitrogens is 2. The Hall–Kier alpha value is -2.79. The van der Waals surface area contributed by atoms with Gasteiger partial charge in [-0.25, -0.2) is 4.98 Å². The molecule has 5 nitrogen and oxygen atoms in total. The second-order valence-electron chi connectivity index (χ2n) is 7.04. The number of methoxy groups -OCH3 is 1. The highest BCUT2D eigenvalue weighted by Crippen LogP contribution is 2.36. The minimum Gasteiger partial charge on any atom is -0.497 e. The van der Waals surface area contributed by atoms with Gasteiger partial charge in [-0.3, -0.25) is 0 Å². The third kappa shape index (κ3) is 2.98. The monoisotopic (exact) mass is 362 g/mol. The van der Waals surface area contributed by atoms with Gasteiger partial charge in [0, 0.05) is 33.9 Å². The van der Waals surface area contributed by atoms with E-state index in [0.717, 1.165) is 46.2 Å². The highest BCUT2D eigenvalue weighted by molar-refractivity contribution is 6.15. The Morgan fingerprint density at radius 2 is 2.00 bits per heavy atom. The van der Waals surface area contributed by atoms with E-state index in [1.807, 2.05) is 12.3 Å². The molecule has 2 aromatic heterocycles. The van der Waals surface area contributed by atoms with Gasteiger partial charge in [-0.05, 0) is 67.6 Å². The van der Waals surface area contributed by atoms with E-state index in [-0.39, 0.29) is 0 Å². The number of anilines is 1. The Morgan fingerprint density at radius 3 is 2.74 bits per heavy atom. The lowest BCUT2D eigenvalue weighted by Crippen LogP contribution is -2.22. The molecular formula is C22H26N4O. The normalized spacial score (nSPS) is 12.7. The molecule has 4 aromatic rings. The van der Waals surface area contributed by atoms with Crippen LogP contribution in [0.15, 0.2) is 36.5 Å². The molecule has 0 saturated carbocycles. The van der Waals surface area contributed by atoms with E-state index in [9.17, 15) is 0 Å². The lowest BCUT2D eigenvalue weighted by Gasteiger charge is -2.18. The molecule has 0 spiro atoms. The summed E-state index contributed by atoms with van der Waals surface area (Å²) in [6.07, 6.45) is 3.82. The fourth-order valence-corrected chi connectivity index (χ4v) is 3.88. The Balaban J connectivity index is 1.96. The van der Waals surface area contributed by atoms with E-state index < -0.39 is 0 Å². The average Bonchev–Trinajstić information content (AvgIpc) is 3.06. The number of benzene rings is 2. The van der Waals surface area contributed by atoms with Gasteiger partial charge in [0.15, 0.2) is 0 Å². The van der Waals surface area contributed by atoms with Crippen molar-refractivity contribution in [3.8, 4) is 5.75 Å². The fraction of sp³-hybridized carbons (Fsp3) is 0.318. The summed E-state index contributed by atoms with van der Waals surface area (Å²) in [5, 5.41) is 8.31. The molecule has 2 heterocycles. The van der Waals surface area contributed by atoms with Crippen LogP contribution in [-0.2, 0) is 0 Å². The number of nitrogens with one attached hydrogen (secondary N) is 2. The lowest BCUT2D eigenvalue weighted by molar-refractivity contribution is 0.415. The van der Waals surface area contributed by atoms with Crippen molar-refractivity contribution in [2.75, 3.05) is 19.0 Å². The summed E-state index contributed by atoms with van der Waals surface area (Å²) in [7, 11) is 1.70. The zero-order valence-electron chi connectivity index (χ0n) is 16.1. The molecule has 2 aromatic carbocycles. The first-order chi connectivity index (χ1) is 13.2. The number of fused-ring (bicyclic) bond motifs is 4. The molecular weight excluding hydrogens is 336 g/mol. The number of aryl methyl sites for hydroxylation is 1. The largest absolute Gasteiger partial charge is 0.497 e. The summed E-state index contributed by atoms with van der Waals surface area (Å²) < 4.78 is 5.43. The van der Waals surface area contributed by atoms with Crippen LogP contribution in [0.3, 0.4) is 0 Å². The van der Waals surface area contributed by atoms with Gasteiger partial charge in [0.2, 0.25) is 0 Å². The first-order valence-corrected chi connectivity index (χ1v) is 9.50. The van der Waals surface area contributed by atoms with Crippen molar-refractivity contribution in [1.29, 1.82) is 0 Å². The zero-order chi connectivity index (χ0) is 19.0. The molecule has 0 saturated heterocycles. The minimum absolute atomic E-state index is 0.326. The lowest BCUT2D eigenvalue weighted by atomic mass is 10.0. The molecule has 1 atom stereocenters. The van der Waals surface area contributed by atoms with Crippen LogP contribution in [0.1, 0.15) is 25.3 Å². The Bertz CT molecular complexity index is 1120. The maximum Gasteiger partial charge on any atom is 0.134 e. The number of hydrogen-bond acceptors (Lipinski definition) is 4. The van der Waals surface area contributed by atoms with Crippen molar-refractivity contribution in [3.05, 3.63) is 42.1 Å². The van der Waals surface area contributed by atoms with E-state index >= 15 is 0 Å². The fourth-order valence-electron chi connectivity index (χ4n) is 3.88. The van der Waals surface area contributed by atoms with Gasteiger partial charge in [-0.1, -0.05) is 6.92 Å². The highest BCUT2D eigenvalue weighted by atomic mass is 16.5. The number of H-pyrrole nitrogens is 1. The molecule has 0 bridgehead atoms. The van der Waals surface area contributed by atoms with Crippen molar-refractivity contribution in [2.45, 2.75) is 32.7 Å². The molecule has 1 unspecified atom stereocenters. The molecule has 0 fully saturated rings. The van der Waals surface area contributed by atoms with E-state index in [2.05, 4.69) is 53.4 Å². The molecule has 0 aliphatic carbocycles. The van der Waals surface area contributed by atoms with Crippen LogP contribution >= 0.6 is 0 Å². The molecule has 0 aliphatic rings. The van der Waals surface area contributed by atoms with E-state index in [0.29, 0.717) is 12.6 Å². The summed E-state index contributed by atoms with van der Waals surface area (Å²) in [6, 6.07) is 10.8. The zero-order valence-corrected chi connectivity index (χ0v) is 16.1. The van der Waals surface area contributed by atoms with E-state index in [4.69, 9.17) is 10.5 Å². The molecule has 0 radical (unpaired) electrons. The van der Waals surface area contributed by atoms with E-state index in [1.165, 1.54) is 16.3 Å². The molecule has 5 heteroatoms. The van der Waals surface area contributed by atoms with Gasteiger partial charge in [0.25, 0.3) is 0 Å². The van der Waals surface area contributed by atoms with Crippen LogP contribution in [-0.4, -0.2) is 29.7 Å². The van der Waals surface area contributed by atoms with Crippen molar-refractivity contribution < 1.29 is 4.74 Å². The summed E-state index contributed by atoms with van der Waals surface area (Å²) in [6.45, 7) is 5.01. The summed E-state index contributed by atoms with van der Waals surface area (Å²) >= 11 is 0. The number of nitrogens with zero attached hydrogens (tertiary/aromatic N) is 1. The van der Waals surface area contributed by atoms with Crippen LogP contribution in [0.4, 0.5) is 5.82 Å². The van der Waals surface area contributed by atoms with Crippen molar-refractivity contribution in [1.82, 2.24) is 9.97 Å². The number of hydrogen-bond donors (Lipinski definition) is 3. The number of rotatable bonds is 6. The Labute approximate surface area is 158 Å². The van der Waals surface area contributed by atoms with Crippen LogP contribution in [0, 0.1) is 6.92 Å². The van der Waals surface area contributed by atoms with Crippen molar-refractivity contribution in [2.24, 2.45) is 5.73 Å². The molecule has 27 heavy (non-hydrogen) atoms. The Morgan fingerprint density at radius 1 is 1.15 bits per heavy atom. The standard InChI is InChI=1S/C22H26N4O/c1-4-14(7-9-23)25-22-19-12-18-17-11-15(27-3)5-6-20(17)26-21(18)13(2)16(19)8-10-24-22/h5-6,8,10-12,14,26H,4,7,9,23H2,1-3H3,(H,24,25). The second-order valence-corrected chi connectivity index (χ2v) is 7.04. The summed E-state index contributed by atoms with van der Waals surface area (Å²) in [5.41, 5.74) is 9.28. The van der Waals surface area contributed by atoms with Gasteiger partial charge < -0.3 is 20.8 Å². The third-order valence-electron chi connectivity index (χ3n) is 5.45. The summed E-state index contributed by atoms with van der Waals surface area (Å²) in [5.74, 6) is 1.79. The maximum absolute atomic E-state index is 5.77. The van der Waals surface area contributed by atoms with Crippen LogP contribution in [0.2, 0.25) is 0 Å². The minimum atomic E-state index is 0.326. The average molecular weight is 362 g/mol. The molecule has 4 rings (SSSR count). The molecule has 0 aliphatic heterocycles. The van der Waals surface area contributed by atoms with Gasteiger partial charge in [-0.2, -0.15) is 0 Å². The van der Waals surface area contributed by atoms with Crippen LogP contribution < -0.4 is 15.8 Å². The molecule has 140 valence electrons. The smallest absolute Gasteiger partial charge is 0.134 e. The molecule has 0 amide bonds. The highest BCUT2D eigenvalue weighted by Gasteiger charge is 2.15. The van der Waals surface area contributed by atoms with Crippen LogP contribution in [0.25, 0.3) is 32.6 Å². The maximum atomic E-state index is 5.77.